The van der Waals surface area contributed by atoms with Gasteiger partial charge in [0.05, 0.1) is 20.3 Å². The Hall–Kier alpha value is -4.28. The first-order valence-electron chi connectivity index (χ1n) is 21.3. The van der Waals surface area contributed by atoms with E-state index in [2.05, 4.69) is 86.5 Å². The van der Waals surface area contributed by atoms with Crippen LogP contribution in [0.1, 0.15) is 79.8 Å². The van der Waals surface area contributed by atoms with Crippen molar-refractivity contribution in [3.05, 3.63) is 126 Å². The number of thiol groups is 1. The zero-order valence-corrected chi connectivity index (χ0v) is 37.4. The van der Waals surface area contributed by atoms with E-state index in [0.717, 1.165) is 132 Å². The van der Waals surface area contributed by atoms with Crippen LogP contribution in [0.25, 0.3) is 10.8 Å². The number of rotatable bonds is 22. The molecule has 0 aliphatic heterocycles. The predicted octanol–water partition coefficient (Wildman–Crippen LogP) is 12.2. The highest BCUT2D eigenvalue weighted by Gasteiger charge is 2.21. The molecule has 0 N–H and O–H groups in total. The van der Waals surface area contributed by atoms with Gasteiger partial charge < -0.3 is 28.5 Å². The number of aryl methyl sites for hydroxylation is 2. The van der Waals surface area contributed by atoms with Crippen molar-refractivity contribution >= 4 is 47.7 Å². The Bertz CT molecular complexity index is 1930. The maximum Gasteiger partial charge on any atom is 0.150 e. The van der Waals surface area contributed by atoms with Gasteiger partial charge in [0.15, 0.2) is 0 Å². The fourth-order valence-corrected chi connectivity index (χ4v) is 7.43. The van der Waals surface area contributed by atoms with Crippen molar-refractivity contribution in [2.24, 2.45) is 11.8 Å². The molecule has 9 heteroatoms. The number of hydrogen-bond donors (Lipinski definition) is 1. The van der Waals surface area contributed by atoms with Crippen LogP contribution >= 0.6 is 24.4 Å². The summed E-state index contributed by atoms with van der Waals surface area (Å²) in [4.78, 5) is 23.7. The van der Waals surface area contributed by atoms with Gasteiger partial charge in [0.25, 0.3) is 0 Å². The van der Waals surface area contributed by atoms with Crippen molar-refractivity contribution in [2.45, 2.75) is 80.9 Å². The van der Waals surface area contributed by atoms with Gasteiger partial charge in [-0.2, -0.15) is 0 Å². The molecule has 1 aliphatic carbocycles. The fourth-order valence-electron chi connectivity index (χ4n) is 6.66. The van der Waals surface area contributed by atoms with Crippen LogP contribution in [0.5, 0.6) is 17.2 Å². The van der Waals surface area contributed by atoms with E-state index in [9.17, 15) is 9.59 Å². The maximum atomic E-state index is 10.9. The molecule has 0 atom stereocenters. The number of carbonyl (C=O) groups is 2. The van der Waals surface area contributed by atoms with Crippen molar-refractivity contribution < 1.29 is 33.3 Å². The molecule has 0 amide bonds. The van der Waals surface area contributed by atoms with Crippen LogP contribution in [0, 0.1) is 11.8 Å². The number of aldehydes is 2. The molecule has 0 unspecified atom stereocenters. The van der Waals surface area contributed by atoms with Gasteiger partial charge in [-0.3, -0.25) is 4.79 Å². The Morgan fingerprint density at radius 3 is 1.93 bits per heavy atom. The summed E-state index contributed by atoms with van der Waals surface area (Å²) in [6, 6.07) is 36.6. The molecule has 0 radical (unpaired) electrons. The van der Waals surface area contributed by atoms with Crippen LogP contribution in [0.15, 0.2) is 119 Å². The minimum absolute atomic E-state index is 0.269. The van der Waals surface area contributed by atoms with E-state index in [-0.39, 0.29) is 5.92 Å². The summed E-state index contributed by atoms with van der Waals surface area (Å²) in [6.07, 6.45) is 14.2. The van der Waals surface area contributed by atoms with Gasteiger partial charge in [-0.15, -0.1) is 24.4 Å². The van der Waals surface area contributed by atoms with Crippen molar-refractivity contribution in [2.75, 3.05) is 53.0 Å². The Balaban J connectivity index is 0.000000229. The van der Waals surface area contributed by atoms with Gasteiger partial charge in [0, 0.05) is 47.7 Å². The number of methoxy groups -OCH3 is 1. The molecule has 1 saturated carbocycles. The third-order valence-electron chi connectivity index (χ3n) is 10.3. The smallest absolute Gasteiger partial charge is 0.150 e. The topological polar surface area (TPSA) is 80.3 Å². The summed E-state index contributed by atoms with van der Waals surface area (Å²) in [7, 11) is 1.70. The van der Waals surface area contributed by atoms with Crippen LogP contribution in [0.3, 0.4) is 0 Å². The second-order valence-electron chi connectivity index (χ2n) is 14.9. The quantitative estimate of drug-likeness (QED) is 0.0319. The molecule has 0 heterocycles. The van der Waals surface area contributed by atoms with Gasteiger partial charge in [-0.05, 0) is 165 Å². The van der Waals surface area contributed by atoms with E-state index in [1.165, 1.54) is 26.8 Å². The maximum absolute atomic E-state index is 10.9. The van der Waals surface area contributed by atoms with E-state index >= 15 is 0 Å². The number of hydrogen-bond acceptors (Lipinski definition) is 9. The van der Waals surface area contributed by atoms with E-state index in [1.807, 2.05) is 36.4 Å². The largest absolute Gasteiger partial charge is 0.497 e. The van der Waals surface area contributed by atoms with Gasteiger partial charge in [0.1, 0.15) is 29.8 Å². The summed E-state index contributed by atoms with van der Waals surface area (Å²) >= 11 is 5.93. The summed E-state index contributed by atoms with van der Waals surface area (Å²) in [5.41, 5.74) is 3.33. The molecular weight excluding hydrogens is 789 g/mol. The van der Waals surface area contributed by atoms with Crippen LogP contribution < -0.4 is 14.2 Å². The third kappa shape index (κ3) is 19.0. The molecule has 0 spiro atoms. The molecule has 5 aromatic carbocycles. The van der Waals surface area contributed by atoms with Crippen LogP contribution in [-0.4, -0.2) is 65.6 Å². The van der Waals surface area contributed by atoms with E-state index in [1.54, 1.807) is 31.0 Å². The van der Waals surface area contributed by atoms with Crippen molar-refractivity contribution in [3.63, 3.8) is 0 Å². The summed E-state index contributed by atoms with van der Waals surface area (Å²) in [5.74, 6) is 3.48. The summed E-state index contributed by atoms with van der Waals surface area (Å²) in [5, 5.41) is 2.46. The Kier molecular flexibility index (Phi) is 23.4. The average Bonchev–Trinajstić information content (AvgIpc) is 3.30. The van der Waals surface area contributed by atoms with E-state index in [0.29, 0.717) is 18.1 Å². The predicted molar refractivity (Wildman–Crippen MR) is 250 cm³/mol. The molecule has 5 aromatic rings. The molecule has 0 bridgehead atoms. The van der Waals surface area contributed by atoms with Crippen LogP contribution in [-0.2, 0) is 27.1 Å². The standard InChI is InChI=1S/C27H30O3.C17H26O4.C7H8S2/c1-29-27-15-12-24-16-21(8-11-25(24)17-27)3-2-20-9-13-26(14-10-20)30-19-23-6-4-22(18-28)5-7-23;1-2-10-19-12-5-13-20-11-3-4-14-21-17-8-6-16(15-18)7-9-17;1-9-7-4-2-3-6(8)5-7/h8-18,22-23H,2-7,19H2,1H3;6-9,15H,2-5,10-14H2,1H3;2-5,8H,1H3. The zero-order chi connectivity index (χ0) is 42.6. The second-order valence-corrected chi connectivity index (χ2v) is 16.3. The third-order valence-corrected chi connectivity index (χ3v) is 11.3. The summed E-state index contributed by atoms with van der Waals surface area (Å²) in [6.45, 7) is 6.68. The number of fused-ring (bicyclic) bond motifs is 1. The van der Waals surface area contributed by atoms with E-state index in [4.69, 9.17) is 23.7 Å². The lowest BCUT2D eigenvalue weighted by Crippen LogP contribution is -2.20. The first kappa shape index (κ1) is 48.4. The number of ether oxygens (including phenoxy) is 5. The monoisotopic (exact) mass is 852 g/mol. The van der Waals surface area contributed by atoms with Gasteiger partial charge in [0.2, 0.25) is 0 Å². The Morgan fingerprint density at radius 1 is 0.650 bits per heavy atom. The normalized spacial score (nSPS) is 14.5. The van der Waals surface area contributed by atoms with E-state index < -0.39 is 0 Å². The zero-order valence-electron chi connectivity index (χ0n) is 35.7. The molecule has 1 fully saturated rings. The SMILES string of the molecule is CCCOCCCOCCCCOc1ccc(C=O)cc1.COc1ccc2cc(CCc3ccc(OCC4CCC(C=O)CC4)cc3)ccc2c1.CSc1cccc(S)c1. The number of carbonyl (C=O) groups excluding carboxylic acids is 2. The highest BCUT2D eigenvalue weighted by Crippen LogP contribution is 2.28. The van der Waals surface area contributed by atoms with Gasteiger partial charge >= 0.3 is 0 Å². The number of benzene rings is 5. The van der Waals surface area contributed by atoms with Crippen molar-refractivity contribution in [1.82, 2.24) is 0 Å². The first-order valence-corrected chi connectivity index (χ1v) is 23.0. The highest BCUT2D eigenvalue weighted by atomic mass is 32.2. The van der Waals surface area contributed by atoms with Crippen molar-refractivity contribution in [3.8, 4) is 17.2 Å². The molecule has 7 nitrogen and oxygen atoms in total. The number of thioether (sulfide) groups is 1. The minimum atomic E-state index is 0.269. The lowest BCUT2D eigenvalue weighted by molar-refractivity contribution is -0.112. The minimum Gasteiger partial charge on any atom is -0.497 e. The van der Waals surface area contributed by atoms with Crippen molar-refractivity contribution in [1.29, 1.82) is 0 Å². The van der Waals surface area contributed by atoms with Crippen LogP contribution in [0.4, 0.5) is 0 Å². The van der Waals surface area contributed by atoms with Crippen LogP contribution in [0.2, 0.25) is 0 Å². The summed E-state index contributed by atoms with van der Waals surface area (Å²) < 4.78 is 27.8. The molecule has 0 aromatic heterocycles. The number of unbranched alkanes of at least 4 members (excludes halogenated alkanes) is 1. The Labute approximate surface area is 368 Å². The molecule has 0 saturated heterocycles. The lowest BCUT2D eigenvalue weighted by atomic mass is 9.83. The van der Waals surface area contributed by atoms with Gasteiger partial charge in [-0.1, -0.05) is 49.4 Å². The molecular formula is C51H64O7S2. The highest BCUT2D eigenvalue weighted by molar-refractivity contribution is 7.98. The fraction of sp³-hybridized carbons (Fsp3) is 0.412. The molecule has 60 heavy (non-hydrogen) atoms. The molecule has 6 rings (SSSR count). The average molecular weight is 853 g/mol. The van der Waals surface area contributed by atoms with Gasteiger partial charge in [-0.25, -0.2) is 0 Å². The molecule has 1 aliphatic rings. The Morgan fingerprint density at radius 2 is 1.27 bits per heavy atom. The second kappa shape index (κ2) is 29.1. The molecule has 322 valence electrons. The first-order chi connectivity index (χ1) is 29.4. The lowest BCUT2D eigenvalue weighted by Gasteiger charge is -2.25.